The van der Waals surface area contributed by atoms with Gasteiger partial charge in [0.2, 0.25) is 5.95 Å². The second-order valence-electron chi connectivity index (χ2n) is 12.5. The summed E-state index contributed by atoms with van der Waals surface area (Å²) in [7, 11) is 0. The van der Waals surface area contributed by atoms with Crippen LogP contribution < -0.4 is 20.3 Å². The fourth-order valence-corrected chi connectivity index (χ4v) is 6.95. The zero-order valence-corrected chi connectivity index (χ0v) is 23.4. The number of hydrogen-bond donors (Lipinski definition) is 3. The Morgan fingerprint density at radius 1 is 1.20 bits per heavy atom. The summed E-state index contributed by atoms with van der Waals surface area (Å²) in [5.41, 5.74) is 0.924. The van der Waals surface area contributed by atoms with Crippen molar-refractivity contribution < 1.29 is 19.0 Å². The van der Waals surface area contributed by atoms with Gasteiger partial charge in [0.05, 0.1) is 25.0 Å². The van der Waals surface area contributed by atoms with Gasteiger partial charge in [0.1, 0.15) is 5.75 Å². The molecule has 12 heteroatoms. The minimum atomic E-state index is -0.684. The molecule has 2 unspecified atom stereocenters. The molecule has 3 fully saturated rings. The van der Waals surface area contributed by atoms with Crippen LogP contribution in [-0.4, -0.2) is 86.2 Å². The number of nitrogens with zero attached hydrogens (tertiary/aromatic N) is 6. The molecule has 5 aliphatic rings. The van der Waals surface area contributed by atoms with E-state index in [-0.39, 0.29) is 36.5 Å². The second-order valence-corrected chi connectivity index (χ2v) is 12.5. The first-order chi connectivity index (χ1) is 19.1. The van der Waals surface area contributed by atoms with Crippen LogP contribution in [0.4, 0.5) is 27.5 Å². The number of ether oxygens (including phenoxy) is 2. The van der Waals surface area contributed by atoms with Crippen LogP contribution in [0, 0.1) is 5.82 Å². The van der Waals surface area contributed by atoms with Gasteiger partial charge in [-0.2, -0.15) is 10.1 Å². The molecule has 214 valence electrons. The van der Waals surface area contributed by atoms with E-state index in [0.29, 0.717) is 30.1 Å². The van der Waals surface area contributed by atoms with Gasteiger partial charge in [-0.3, -0.25) is 14.8 Å². The van der Waals surface area contributed by atoms with E-state index in [9.17, 15) is 9.50 Å². The van der Waals surface area contributed by atoms with Gasteiger partial charge >= 0.3 is 0 Å². The number of aliphatic hydroxyl groups excluding tert-OH is 1. The summed E-state index contributed by atoms with van der Waals surface area (Å²) in [6, 6.07) is 6.40. The average Bonchev–Trinajstić information content (AvgIpc) is 3.55. The standard InChI is InChI=1S/C28H37FN8O3/c1-27(2)14-17(12-18-6-5-9-35(18)27)31-22-19(29)15-30-26(33-22)32-16-7-8-21-20(13-16)37-24-23(39-24)36(10-11-38)34-25(37)28(3,4)40-21/h7-8,13,15,17-18,23-24,38H,5-6,9-12,14H2,1-4H3,(H2,30,31,32,33)/t17-,18+,23?,24?/m1/s1. The van der Waals surface area contributed by atoms with Crippen molar-refractivity contribution in [3.05, 3.63) is 30.2 Å². The van der Waals surface area contributed by atoms with Gasteiger partial charge in [-0.25, -0.2) is 9.37 Å². The quantitative estimate of drug-likeness (QED) is 0.461. The van der Waals surface area contributed by atoms with E-state index in [4.69, 9.17) is 14.6 Å². The fraction of sp³-hybridized carbons (Fsp3) is 0.607. The van der Waals surface area contributed by atoms with Crippen molar-refractivity contribution in [2.75, 3.05) is 35.2 Å². The number of nitrogens with one attached hydrogen (secondary N) is 2. The highest BCUT2D eigenvalue weighted by atomic mass is 19.1. The molecule has 11 nitrogen and oxygen atoms in total. The van der Waals surface area contributed by atoms with Gasteiger partial charge < -0.3 is 25.2 Å². The predicted molar refractivity (Wildman–Crippen MR) is 149 cm³/mol. The van der Waals surface area contributed by atoms with E-state index in [1.54, 1.807) is 5.01 Å². The first-order valence-corrected chi connectivity index (χ1v) is 14.2. The van der Waals surface area contributed by atoms with E-state index in [1.807, 2.05) is 32.0 Å². The molecule has 0 radical (unpaired) electrons. The lowest BCUT2D eigenvalue weighted by Crippen LogP contribution is -2.58. The summed E-state index contributed by atoms with van der Waals surface area (Å²) in [6.07, 6.45) is 5.10. The van der Waals surface area contributed by atoms with E-state index >= 15 is 0 Å². The summed E-state index contributed by atoms with van der Waals surface area (Å²) >= 11 is 0. The van der Waals surface area contributed by atoms with Gasteiger partial charge in [-0.05, 0) is 78.1 Å². The SMILES string of the molecule is CC1(C)Oc2ccc(Nc3ncc(F)c(N[C@@H]4C[C@@H]5CCCN5C(C)(C)C4)n3)cc2N2C1=NN(CCO)C1OC12. The maximum Gasteiger partial charge on any atom is 0.229 e. The number of epoxide rings is 1. The molecule has 3 saturated heterocycles. The number of benzene rings is 1. The Hall–Kier alpha value is -3.22. The number of piperidine rings is 1. The zero-order chi connectivity index (χ0) is 27.8. The van der Waals surface area contributed by atoms with Crippen molar-refractivity contribution in [2.24, 2.45) is 5.10 Å². The molecule has 4 atom stereocenters. The van der Waals surface area contributed by atoms with Crippen LogP contribution in [0.1, 0.15) is 53.4 Å². The molecule has 0 amide bonds. The van der Waals surface area contributed by atoms with Crippen molar-refractivity contribution in [3.8, 4) is 5.75 Å². The summed E-state index contributed by atoms with van der Waals surface area (Å²) in [4.78, 5) is 13.4. The van der Waals surface area contributed by atoms with Gasteiger partial charge in [0.25, 0.3) is 0 Å². The Morgan fingerprint density at radius 3 is 2.88 bits per heavy atom. The van der Waals surface area contributed by atoms with E-state index in [2.05, 4.69) is 44.2 Å². The zero-order valence-electron chi connectivity index (χ0n) is 23.4. The third-order valence-electron chi connectivity index (χ3n) is 8.70. The summed E-state index contributed by atoms with van der Waals surface area (Å²) < 4.78 is 27.1. The van der Waals surface area contributed by atoms with Crippen molar-refractivity contribution in [1.82, 2.24) is 19.9 Å². The molecule has 0 aliphatic carbocycles. The summed E-state index contributed by atoms with van der Waals surface area (Å²) in [5, 5.41) is 22.6. The molecule has 2 aromatic rings. The molecule has 6 heterocycles. The van der Waals surface area contributed by atoms with Crippen molar-refractivity contribution >= 4 is 29.0 Å². The van der Waals surface area contributed by atoms with E-state index in [0.717, 1.165) is 30.8 Å². The third kappa shape index (κ3) is 4.33. The van der Waals surface area contributed by atoms with Crippen LogP contribution in [0.25, 0.3) is 0 Å². The molecule has 0 spiro atoms. The van der Waals surface area contributed by atoms with Crippen LogP contribution in [0.2, 0.25) is 0 Å². The Labute approximate surface area is 233 Å². The largest absolute Gasteiger partial charge is 0.478 e. The average molecular weight is 553 g/mol. The Bertz CT molecular complexity index is 1350. The van der Waals surface area contributed by atoms with Crippen molar-refractivity contribution in [3.63, 3.8) is 0 Å². The Morgan fingerprint density at radius 2 is 2.05 bits per heavy atom. The molecule has 5 aliphatic heterocycles. The number of anilines is 4. The first kappa shape index (κ1) is 25.7. The smallest absolute Gasteiger partial charge is 0.229 e. The molecular formula is C28H37FN8O3. The van der Waals surface area contributed by atoms with Crippen molar-refractivity contribution in [2.45, 2.75) is 89.1 Å². The van der Waals surface area contributed by atoms with Crippen LogP contribution in [0.15, 0.2) is 29.5 Å². The summed E-state index contributed by atoms with van der Waals surface area (Å²) in [5.74, 6) is 1.49. The van der Waals surface area contributed by atoms with Crippen LogP contribution >= 0.6 is 0 Å². The number of aromatic nitrogens is 2. The number of hydrazone groups is 1. The Kier molecular flexibility index (Phi) is 5.88. The number of β-amino-alcohol motifs (C(OH)–C–C–N with tert-alkyl or cyclic N) is 1. The second kappa shape index (κ2) is 9.15. The fourth-order valence-electron chi connectivity index (χ4n) is 6.95. The minimum Gasteiger partial charge on any atom is -0.478 e. The maximum atomic E-state index is 14.8. The minimum absolute atomic E-state index is 0.0126. The molecule has 7 rings (SSSR count). The third-order valence-corrected chi connectivity index (χ3v) is 8.70. The van der Waals surface area contributed by atoms with E-state index < -0.39 is 11.4 Å². The lowest BCUT2D eigenvalue weighted by atomic mass is 9.84. The van der Waals surface area contributed by atoms with Crippen LogP contribution in [0.5, 0.6) is 5.75 Å². The number of rotatable bonds is 6. The maximum absolute atomic E-state index is 14.8. The highest BCUT2D eigenvalue weighted by Crippen LogP contribution is 2.48. The predicted octanol–water partition coefficient (Wildman–Crippen LogP) is 3.46. The monoisotopic (exact) mass is 552 g/mol. The van der Waals surface area contributed by atoms with Gasteiger partial charge in [-0.1, -0.05) is 0 Å². The van der Waals surface area contributed by atoms with E-state index in [1.165, 1.54) is 19.0 Å². The lowest BCUT2D eigenvalue weighted by molar-refractivity contribution is 0.0500. The topological polar surface area (TPSA) is 114 Å². The van der Waals surface area contributed by atoms with Gasteiger partial charge in [0, 0.05) is 23.3 Å². The van der Waals surface area contributed by atoms with Crippen LogP contribution in [0.3, 0.4) is 0 Å². The Balaban J connectivity index is 1.12. The summed E-state index contributed by atoms with van der Waals surface area (Å²) in [6.45, 7) is 10.0. The number of hydrogen-bond acceptors (Lipinski definition) is 11. The lowest BCUT2D eigenvalue weighted by Gasteiger charge is -2.47. The van der Waals surface area contributed by atoms with Gasteiger partial charge in [0.15, 0.2) is 35.5 Å². The molecular weight excluding hydrogens is 515 g/mol. The van der Waals surface area contributed by atoms with Crippen molar-refractivity contribution in [1.29, 1.82) is 0 Å². The number of aliphatic hydroxyl groups is 1. The first-order valence-electron chi connectivity index (χ1n) is 14.2. The highest BCUT2D eigenvalue weighted by Gasteiger charge is 2.58. The molecule has 0 saturated carbocycles. The van der Waals surface area contributed by atoms with Crippen LogP contribution in [-0.2, 0) is 4.74 Å². The van der Waals surface area contributed by atoms with Gasteiger partial charge in [-0.15, -0.1) is 0 Å². The number of amidine groups is 1. The molecule has 1 aromatic heterocycles. The number of halogens is 1. The highest BCUT2D eigenvalue weighted by molar-refractivity contribution is 6.07. The molecule has 40 heavy (non-hydrogen) atoms. The normalized spacial score (nSPS) is 29.4. The molecule has 3 N–H and O–H groups in total. The molecule has 0 bridgehead atoms. The number of fused-ring (bicyclic) bond motifs is 6. The molecule has 1 aromatic carbocycles.